The zero-order valence-corrected chi connectivity index (χ0v) is 20.9. The van der Waals surface area contributed by atoms with E-state index in [2.05, 4.69) is 15.5 Å². The van der Waals surface area contributed by atoms with Gasteiger partial charge in [0.05, 0.1) is 12.1 Å². The molecule has 0 bridgehead atoms. The Morgan fingerprint density at radius 2 is 1.91 bits per heavy atom. The van der Waals surface area contributed by atoms with Crippen LogP contribution in [0.15, 0.2) is 52.4 Å². The van der Waals surface area contributed by atoms with Crippen molar-refractivity contribution in [1.82, 2.24) is 10.2 Å². The van der Waals surface area contributed by atoms with E-state index in [1.807, 2.05) is 12.1 Å². The van der Waals surface area contributed by atoms with E-state index in [9.17, 15) is 18.5 Å². The van der Waals surface area contributed by atoms with Crippen LogP contribution in [0.4, 0.5) is 5.13 Å². The fourth-order valence-corrected chi connectivity index (χ4v) is 4.36. The molecule has 10 nitrogen and oxygen atoms in total. The second-order valence-corrected chi connectivity index (χ2v) is 10.4. The molecule has 1 heterocycles. The normalized spacial score (nSPS) is 11.4. The van der Waals surface area contributed by atoms with Gasteiger partial charge < -0.3 is 14.2 Å². The van der Waals surface area contributed by atoms with Gasteiger partial charge in [-0.25, -0.2) is 8.42 Å². The molecule has 0 aliphatic heterocycles. The number of aromatic nitrogens is 2. The Hall–Kier alpha value is -3.66. The molecule has 2 aromatic carbocycles. The molecular weight excluding hydrogens is 516 g/mol. The molecule has 3 aromatic rings. The molecule has 35 heavy (non-hydrogen) atoms. The van der Waals surface area contributed by atoms with Crippen LogP contribution in [-0.2, 0) is 14.6 Å². The van der Waals surface area contributed by atoms with Crippen LogP contribution < -0.4 is 19.5 Å². The van der Waals surface area contributed by atoms with Crippen LogP contribution in [-0.4, -0.2) is 51.1 Å². The quantitative estimate of drug-likeness (QED) is 0.179. The number of benzene rings is 2. The molecule has 3 rings (SSSR count). The van der Waals surface area contributed by atoms with Gasteiger partial charge in [0.1, 0.15) is 42.1 Å². The summed E-state index contributed by atoms with van der Waals surface area (Å²) in [6.07, 6.45) is 2.31. The van der Waals surface area contributed by atoms with Crippen molar-refractivity contribution in [3.8, 4) is 23.3 Å². The van der Waals surface area contributed by atoms with E-state index in [1.54, 1.807) is 37.4 Å². The number of nitriles is 1. The van der Waals surface area contributed by atoms with Crippen molar-refractivity contribution >= 4 is 49.9 Å². The van der Waals surface area contributed by atoms with E-state index in [0.717, 1.165) is 6.26 Å². The van der Waals surface area contributed by atoms with Crippen molar-refractivity contribution in [2.24, 2.45) is 0 Å². The highest BCUT2D eigenvalue weighted by Gasteiger charge is 2.17. The molecule has 182 valence electrons. The van der Waals surface area contributed by atoms with Gasteiger partial charge in [-0.15, -0.1) is 10.2 Å². The summed E-state index contributed by atoms with van der Waals surface area (Å²) >= 11 is 6.96. The van der Waals surface area contributed by atoms with Crippen LogP contribution >= 0.6 is 22.9 Å². The minimum Gasteiger partial charge on any atom is -0.497 e. The number of amides is 1. The molecule has 0 spiro atoms. The first-order valence-electron chi connectivity index (χ1n) is 9.85. The number of hydrogen-bond donors (Lipinski definition) is 1. The first kappa shape index (κ1) is 26.0. The van der Waals surface area contributed by atoms with Crippen LogP contribution in [0.25, 0.3) is 6.08 Å². The molecule has 0 aliphatic carbocycles. The first-order valence-corrected chi connectivity index (χ1v) is 12.9. The average Bonchev–Trinajstić information content (AvgIpc) is 3.30. The van der Waals surface area contributed by atoms with E-state index in [-0.39, 0.29) is 33.3 Å². The van der Waals surface area contributed by atoms with Crippen LogP contribution in [0, 0.1) is 11.3 Å². The molecule has 0 aliphatic rings. The zero-order chi connectivity index (χ0) is 25.4. The smallest absolute Gasteiger partial charge is 0.268 e. The number of nitrogens with zero attached hydrogens (tertiary/aromatic N) is 3. The van der Waals surface area contributed by atoms with E-state index in [1.165, 1.54) is 12.1 Å². The lowest BCUT2D eigenvalue weighted by Crippen LogP contribution is -2.13. The summed E-state index contributed by atoms with van der Waals surface area (Å²) in [5, 5.41) is 19.1. The second kappa shape index (κ2) is 11.7. The van der Waals surface area contributed by atoms with Gasteiger partial charge in [0.25, 0.3) is 5.91 Å². The van der Waals surface area contributed by atoms with E-state index >= 15 is 0 Å². The summed E-state index contributed by atoms with van der Waals surface area (Å²) in [5.41, 5.74) is 0.244. The lowest BCUT2D eigenvalue weighted by Gasteiger charge is -2.11. The number of carbonyl (C=O) groups excluding carboxylic acids is 1. The van der Waals surface area contributed by atoms with Crippen molar-refractivity contribution in [2.75, 3.05) is 31.9 Å². The summed E-state index contributed by atoms with van der Waals surface area (Å²) in [4.78, 5) is 12.4. The van der Waals surface area contributed by atoms with Gasteiger partial charge in [0.2, 0.25) is 19.3 Å². The number of carbonyl (C=O) groups is 1. The maximum Gasteiger partial charge on any atom is 0.268 e. The van der Waals surface area contributed by atoms with Gasteiger partial charge in [-0.3, -0.25) is 10.1 Å². The Bertz CT molecular complexity index is 1400. The van der Waals surface area contributed by atoms with Gasteiger partial charge >= 0.3 is 0 Å². The first-order chi connectivity index (χ1) is 16.7. The van der Waals surface area contributed by atoms with Gasteiger partial charge in [-0.05, 0) is 35.9 Å². The molecule has 0 fully saturated rings. The van der Waals surface area contributed by atoms with Crippen molar-refractivity contribution in [2.45, 2.75) is 4.34 Å². The molecule has 1 aromatic heterocycles. The van der Waals surface area contributed by atoms with Gasteiger partial charge in [-0.2, -0.15) is 5.26 Å². The zero-order valence-electron chi connectivity index (χ0n) is 18.5. The van der Waals surface area contributed by atoms with Crippen molar-refractivity contribution < 1.29 is 27.4 Å². The monoisotopic (exact) mass is 534 g/mol. The molecule has 0 saturated carbocycles. The summed E-state index contributed by atoms with van der Waals surface area (Å²) in [5.74, 6) is 0.962. The van der Waals surface area contributed by atoms with Crippen LogP contribution in [0.2, 0.25) is 5.02 Å². The van der Waals surface area contributed by atoms with Crippen molar-refractivity contribution in [3.05, 3.63) is 58.6 Å². The Morgan fingerprint density at radius 3 is 2.57 bits per heavy atom. The third-order valence-electron chi connectivity index (χ3n) is 4.23. The summed E-state index contributed by atoms with van der Waals surface area (Å²) in [6, 6.07) is 13.7. The number of anilines is 1. The largest absolute Gasteiger partial charge is 0.497 e. The lowest BCUT2D eigenvalue weighted by molar-refractivity contribution is -0.112. The number of rotatable bonds is 10. The third-order valence-corrected chi connectivity index (χ3v) is 7.03. The number of halogens is 1. The highest BCUT2D eigenvalue weighted by atomic mass is 35.5. The number of nitrogens with one attached hydrogen (secondary N) is 1. The highest BCUT2D eigenvalue weighted by molar-refractivity contribution is 7.92. The average molecular weight is 535 g/mol. The van der Waals surface area contributed by atoms with Crippen LogP contribution in [0.5, 0.6) is 17.2 Å². The molecule has 0 atom stereocenters. The number of ether oxygens (including phenoxy) is 3. The van der Waals surface area contributed by atoms with E-state index in [0.29, 0.717) is 34.1 Å². The maximum absolute atomic E-state index is 12.4. The van der Waals surface area contributed by atoms with Gasteiger partial charge in [-0.1, -0.05) is 35.1 Å². The topological polar surface area (TPSA) is 140 Å². The van der Waals surface area contributed by atoms with Gasteiger partial charge in [0.15, 0.2) is 0 Å². The summed E-state index contributed by atoms with van der Waals surface area (Å²) in [6.45, 7) is 0.506. The third kappa shape index (κ3) is 7.41. The molecule has 0 unspecified atom stereocenters. The fraction of sp³-hybridized carbons (Fsp3) is 0.182. The second-order valence-electron chi connectivity index (χ2n) is 6.83. The molecule has 1 amide bonds. The minimum atomic E-state index is -3.55. The summed E-state index contributed by atoms with van der Waals surface area (Å²) in [7, 11) is -1.98. The molecule has 13 heteroatoms. The summed E-state index contributed by atoms with van der Waals surface area (Å²) < 4.78 is 39.1. The Labute approximate surface area is 210 Å². The van der Waals surface area contributed by atoms with E-state index < -0.39 is 15.7 Å². The molecular formula is C22H19ClN4O6S2. The van der Waals surface area contributed by atoms with Crippen LogP contribution in [0.3, 0.4) is 0 Å². The van der Waals surface area contributed by atoms with Gasteiger partial charge in [0, 0.05) is 12.3 Å². The number of sulfone groups is 1. The maximum atomic E-state index is 12.4. The van der Waals surface area contributed by atoms with Crippen molar-refractivity contribution in [3.63, 3.8) is 0 Å². The van der Waals surface area contributed by atoms with Crippen LogP contribution in [0.1, 0.15) is 5.56 Å². The number of methoxy groups -OCH3 is 1. The predicted molar refractivity (Wildman–Crippen MR) is 131 cm³/mol. The Morgan fingerprint density at radius 1 is 1.17 bits per heavy atom. The Kier molecular flexibility index (Phi) is 8.64. The molecule has 0 saturated heterocycles. The molecule has 1 N–H and O–H groups in total. The van der Waals surface area contributed by atoms with Crippen molar-refractivity contribution in [1.29, 1.82) is 5.26 Å². The predicted octanol–water partition coefficient (Wildman–Crippen LogP) is 3.61. The number of hydrogen-bond acceptors (Lipinski definition) is 10. The standard InChI is InChI=1S/C22H19ClN4O6S2/c1-31-16-4-3-5-17(12-16)32-8-9-33-19-7-6-14(11-18(19)23)10-15(13-24)20(28)25-21-26-27-22(34-21)35(2,29)30/h3-7,10-12H,8-9H2,1-2H3,(H,25,26,28). The molecule has 0 radical (unpaired) electrons. The SMILES string of the molecule is COc1cccc(OCCOc2ccc(C=C(C#N)C(=O)Nc3nnc(S(C)(=O)=O)s3)cc2Cl)c1. The minimum absolute atomic E-state index is 0.0467. The fourth-order valence-electron chi connectivity index (χ4n) is 2.62. The highest BCUT2D eigenvalue weighted by Crippen LogP contribution is 2.27. The van der Waals surface area contributed by atoms with E-state index in [4.69, 9.17) is 25.8 Å². The lowest BCUT2D eigenvalue weighted by atomic mass is 10.1. The Balaban J connectivity index is 1.59.